The minimum Gasteiger partial charge on any atom is -0.315 e. The van der Waals surface area contributed by atoms with Crippen molar-refractivity contribution in [3.05, 3.63) is 0 Å². The van der Waals surface area contributed by atoms with Gasteiger partial charge in [0.2, 0.25) is 0 Å². The first kappa shape index (κ1) is 9.49. The normalized spacial score (nSPS) is 43.3. The first-order chi connectivity index (χ1) is 6.93. The van der Waals surface area contributed by atoms with Crippen LogP contribution in [0.5, 0.6) is 0 Å². The van der Waals surface area contributed by atoms with E-state index in [0.29, 0.717) is 0 Å². The van der Waals surface area contributed by atoms with Gasteiger partial charge in [-0.25, -0.2) is 0 Å². The molecule has 1 N–H and O–H groups in total. The van der Waals surface area contributed by atoms with Gasteiger partial charge in [0.1, 0.15) is 0 Å². The highest BCUT2D eigenvalue weighted by atomic mass is 32.2. The van der Waals surface area contributed by atoms with Gasteiger partial charge in [-0.1, -0.05) is 0 Å². The molecule has 2 nitrogen and oxygen atoms in total. The van der Waals surface area contributed by atoms with E-state index in [-0.39, 0.29) is 0 Å². The third-order valence-corrected chi connectivity index (χ3v) is 5.31. The molecule has 14 heavy (non-hydrogen) atoms. The Kier molecular flexibility index (Phi) is 2.73. The first-order valence-electron chi connectivity index (χ1n) is 5.96. The van der Waals surface area contributed by atoms with Crippen molar-refractivity contribution >= 4 is 11.8 Å². The fourth-order valence-corrected chi connectivity index (χ4v) is 4.50. The molecule has 0 aromatic carbocycles. The molecule has 3 heterocycles. The van der Waals surface area contributed by atoms with Gasteiger partial charge < -0.3 is 5.32 Å². The van der Waals surface area contributed by atoms with Crippen LogP contribution >= 0.6 is 11.8 Å². The number of fused-ring (bicyclic) bond motifs is 1. The molecule has 0 bridgehead atoms. The fraction of sp³-hybridized carbons (Fsp3) is 1.00. The molecule has 0 aromatic heterocycles. The summed E-state index contributed by atoms with van der Waals surface area (Å²) in [6, 6.07) is 0.889. The maximum Gasteiger partial charge on any atom is 0.0261 e. The summed E-state index contributed by atoms with van der Waals surface area (Å²) >= 11 is 2.15. The lowest BCUT2D eigenvalue weighted by atomic mass is 10.0. The van der Waals surface area contributed by atoms with Crippen molar-refractivity contribution in [3.8, 4) is 0 Å². The zero-order valence-corrected chi connectivity index (χ0v) is 9.56. The Morgan fingerprint density at radius 3 is 3.14 bits per heavy atom. The van der Waals surface area contributed by atoms with Crippen LogP contribution in [0.1, 0.15) is 12.8 Å². The zero-order valence-electron chi connectivity index (χ0n) is 8.74. The largest absolute Gasteiger partial charge is 0.315 e. The predicted molar refractivity (Wildman–Crippen MR) is 61.8 cm³/mol. The molecule has 0 aliphatic carbocycles. The number of rotatable bonds is 2. The van der Waals surface area contributed by atoms with Crippen molar-refractivity contribution < 1.29 is 0 Å². The van der Waals surface area contributed by atoms with Crippen molar-refractivity contribution in [3.63, 3.8) is 0 Å². The van der Waals surface area contributed by atoms with Crippen LogP contribution in [-0.4, -0.2) is 48.6 Å². The van der Waals surface area contributed by atoms with Gasteiger partial charge in [-0.05, 0) is 49.3 Å². The summed E-state index contributed by atoms with van der Waals surface area (Å²) in [6.07, 6.45) is 2.91. The van der Waals surface area contributed by atoms with E-state index in [1.807, 2.05) is 0 Å². The second-order valence-corrected chi connectivity index (χ2v) is 6.15. The van der Waals surface area contributed by atoms with E-state index in [9.17, 15) is 0 Å². The van der Waals surface area contributed by atoms with Gasteiger partial charge in [0.15, 0.2) is 0 Å². The summed E-state index contributed by atoms with van der Waals surface area (Å²) in [6.45, 7) is 5.29. The number of hydrogen-bond acceptors (Lipinski definition) is 3. The Morgan fingerprint density at radius 1 is 1.29 bits per heavy atom. The molecular weight excluding hydrogens is 192 g/mol. The summed E-state index contributed by atoms with van der Waals surface area (Å²) in [5.74, 6) is 4.80. The summed E-state index contributed by atoms with van der Waals surface area (Å²) in [5, 5.41) is 3.53. The molecule has 3 atom stereocenters. The highest BCUT2D eigenvalue weighted by molar-refractivity contribution is 7.99. The second kappa shape index (κ2) is 4.03. The molecule has 0 amide bonds. The molecule has 0 radical (unpaired) electrons. The van der Waals surface area contributed by atoms with E-state index >= 15 is 0 Å². The van der Waals surface area contributed by atoms with Crippen LogP contribution in [0.15, 0.2) is 0 Å². The van der Waals surface area contributed by atoms with Gasteiger partial charge in [-0.15, -0.1) is 0 Å². The van der Waals surface area contributed by atoms with E-state index in [1.165, 1.54) is 50.5 Å². The molecule has 0 spiro atoms. The predicted octanol–water partition coefficient (Wildman–Crippen LogP) is 1.03. The lowest BCUT2D eigenvalue weighted by molar-refractivity contribution is 0.221. The van der Waals surface area contributed by atoms with Crippen LogP contribution < -0.4 is 5.32 Å². The number of hydrogen-bond donors (Lipinski definition) is 1. The zero-order chi connectivity index (χ0) is 9.38. The van der Waals surface area contributed by atoms with Gasteiger partial charge in [-0.3, -0.25) is 4.90 Å². The Hall–Kier alpha value is 0.270. The van der Waals surface area contributed by atoms with Gasteiger partial charge in [0, 0.05) is 19.1 Å². The van der Waals surface area contributed by atoms with Crippen LogP contribution in [0, 0.1) is 11.8 Å². The first-order valence-corrected chi connectivity index (χ1v) is 7.11. The summed E-state index contributed by atoms with van der Waals surface area (Å²) in [5.41, 5.74) is 0. The Morgan fingerprint density at radius 2 is 2.29 bits per heavy atom. The lowest BCUT2D eigenvalue weighted by Crippen LogP contribution is -2.37. The molecule has 0 saturated carbocycles. The minimum absolute atomic E-state index is 0.889. The van der Waals surface area contributed by atoms with Gasteiger partial charge >= 0.3 is 0 Å². The average Bonchev–Trinajstić information content (AvgIpc) is 2.85. The van der Waals surface area contributed by atoms with Crippen molar-refractivity contribution in [2.75, 3.05) is 37.7 Å². The third-order valence-electron chi connectivity index (χ3n) is 4.08. The van der Waals surface area contributed by atoms with E-state index in [1.54, 1.807) is 0 Å². The van der Waals surface area contributed by atoms with Gasteiger partial charge in [-0.2, -0.15) is 11.8 Å². The number of nitrogens with one attached hydrogen (secondary N) is 1. The summed E-state index contributed by atoms with van der Waals surface area (Å²) in [7, 11) is 0. The van der Waals surface area contributed by atoms with E-state index < -0.39 is 0 Å². The Balaban J connectivity index is 1.57. The SMILES string of the molecule is C1CC(CN2CC[C@@H]3CNC[C@@H]32)CS1. The standard InChI is InChI=1S/C11H20N2S/c1-3-13(7-9-2-4-14-8-9)11-6-12-5-10(1)11/h9-12H,1-8H2/t9?,10-,11+/m1/s1. The highest BCUT2D eigenvalue weighted by Crippen LogP contribution is 2.31. The Labute approximate surface area is 90.8 Å². The van der Waals surface area contributed by atoms with Crippen molar-refractivity contribution in [2.45, 2.75) is 18.9 Å². The summed E-state index contributed by atoms with van der Waals surface area (Å²) < 4.78 is 0. The second-order valence-electron chi connectivity index (χ2n) is 5.00. The molecular formula is C11H20N2S. The fourth-order valence-electron chi connectivity index (χ4n) is 3.22. The quantitative estimate of drug-likeness (QED) is 0.736. The van der Waals surface area contributed by atoms with Crippen molar-refractivity contribution in [1.82, 2.24) is 10.2 Å². The van der Waals surface area contributed by atoms with Crippen LogP contribution in [0.4, 0.5) is 0 Å². The van der Waals surface area contributed by atoms with E-state index in [2.05, 4.69) is 22.0 Å². The third kappa shape index (κ3) is 1.70. The van der Waals surface area contributed by atoms with Gasteiger partial charge in [0.05, 0.1) is 0 Å². The van der Waals surface area contributed by atoms with E-state index in [4.69, 9.17) is 0 Å². The average molecular weight is 212 g/mol. The number of thioether (sulfide) groups is 1. The molecule has 3 heteroatoms. The van der Waals surface area contributed by atoms with Gasteiger partial charge in [0.25, 0.3) is 0 Å². The highest BCUT2D eigenvalue weighted by Gasteiger charge is 2.38. The van der Waals surface area contributed by atoms with Crippen LogP contribution in [0.3, 0.4) is 0 Å². The van der Waals surface area contributed by atoms with Crippen LogP contribution in [0.2, 0.25) is 0 Å². The molecule has 80 valence electrons. The number of nitrogens with zero attached hydrogens (tertiary/aromatic N) is 1. The van der Waals surface area contributed by atoms with Crippen LogP contribution in [0.25, 0.3) is 0 Å². The molecule has 3 aliphatic rings. The molecule has 3 saturated heterocycles. The number of likely N-dealkylation sites (tertiary alicyclic amines) is 1. The van der Waals surface area contributed by atoms with Crippen LogP contribution in [-0.2, 0) is 0 Å². The van der Waals surface area contributed by atoms with Crippen molar-refractivity contribution in [2.24, 2.45) is 11.8 Å². The molecule has 1 unspecified atom stereocenters. The Bertz CT molecular complexity index is 203. The molecule has 3 fully saturated rings. The molecule has 3 rings (SSSR count). The minimum atomic E-state index is 0.889. The summed E-state index contributed by atoms with van der Waals surface area (Å²) in [4.78, 5) is 2.77. The monoisotopic (exact) mass is 212 g/mol. The maximum atomic E-state index is 3.53. The molecule has 3 aliphatic heterocycles. The smallest absolute Gasteiger partial charge is 0.0261 e. The topological polar surface area (TPSA) is 15.3 Å². The lowest BCUT2D eigenvalue weighted by Gasteiger charge is -2.25. The maximum absolute atomic E-state index is 3.53. The molecule has 0 aromatic rings. The van der Waals surface area contributed by atoms with Crippen molar-refractivity contribution in [1.29, 1.82) is 0 Å². The van der Waals surface area contributed by atoms with E-state index in [0.717, 1.165) is 17.9 Å².